The maximum absolute atomic E-state index is 5.20. The van der Waals surface area contributed by atoms with E-state index in [0.29, 0.717) is 0 Å². The molecular formula is C12H15O2. The first-order valence-corrected chi connectivity index (χ1v) is 4.41. The first-order valence-electron chi connectivity index (χ1n) is 4.41. The SMILES string of the molecule is C=C[C](C)c1ccc(OC)c(OC)c1. The summed E-state index contributed by atoms with van der Waals surface area (Å²) in [6, 6.07) is 5.81. The molecule has 0 fully saturated rings. The number of rotatable bonds is 4. The molecule has 1 radical (unpaired) electrons. The predicted octanol–water partition coefficient (Wildman–Crippen LogP) is 2.83. The summed E-state index contributed by atoms with van der Waals surface area (Å²) >= 11 is 0. The van der Waals surface area contributed by atoms with Crippen LogP contribution in [0.3, 0.4) is 0 Å². The smallest absolute Gasteiger partial charge is 0.161 e. The average molecular weight is 191 g/mol. The van der Waals surface area contributed by atoms with E-state index < -0.39 is 0 Å². The number of hydrogen-bond acceptors (Lipinski definition) is 2. The Morgan fingerprint density at radius 2 is 1.86 bits per heavy atom. The molecule has 0 N–H and O–H groups in total. The van der Waals surface area contributed by atoms with Crippen molar-refractivity contribution >= 4 is 0 Å². The normalized spacial score (nSPS) is 10.0. The van der Waals surface area contributed by atoms with Crippen LogP contribution in [-0.2, 0) is 0 Å². The molecule has 0 saturated heterocycles. The third-order valence-electron chi connectivity index (χ3n) is 2.15. The number of methoxy groups -OCH3 is 2. The standard InChI is InChI=1S/C12H15O2/c1-5-9(2)10-6-7-11(13-3)12(8-10)14-4/h5-8H,1H2,2-4H3. The van der Waals surface area contributed by atoms with Gasteiger partial charge in [0.05, 0.1) is 14.2 Å². The summed E-state index contributed by atoms with van der Waals surface area (Å²) in [4.78, 5) is 0. The van der Waals surface area contributed by atoms with Crippen LogP contribution in [0.15, 0.2) is 30.9 Å². The quantitative estimate of drug-likeness (QED) is 0.728. The number of benzene rings is 1. The third kappa shape index (κ3) is 2.08. The van der Waals surface area contributed by atoms with Crippen LogP contribution >= 0.6 is 0 Å². The Kier molecular flexibility index (Phi) is 3.57. The summed E-state index contributed by atoms with van der Waals surface area (Å²) in [5, 5.41) is 0. The minimum absolute atomic E-state index is 0.742. The molecule has 0 aromatic heterocycles. The molecule has 2 nitrogen and oxygen atoms in total. The maximum atomic E-state index is 5.20. The molecule has 1 aromatic rings. The molecule has 1 aromatic carbocycles. The molecule has 1 rings (SSSR count). The van der Waals surface area contributed by atoms with E-state index in [1.807, 2.05) is 31.2 Å². The second-order valence-electron chi connectivity index (χ2n) is 2.96. The predicted molar refractivity (Wildman–Crippen MR) is 57.8 cm³/mol. The zero-order chi connectivity index (χ0) is 10.6. The van der Waals surface area contributed by atoms with Crippen molar-refractivity contribution in [3.05, 3.63) is 42.3 Å². The fourth-order valence-electron chi connectivity index (χ4n) is 1.20. The zero-order valence-electron chi connectivity index (χ0n) is 8.83. The Balaban J connectivity index is 3.06. The first-order chi connectivity index (χ1) is 6.72. The van der Waals surface area contributed by atoms with Gasteiger partial charge in [-0.3, -0.25) is 0 Å². The van der Waals surface area contributed by atoms with Crippen LogP contribution in [0.5, 0.6) is 11.5 Å². The summed E-state index contributed by atoms with van der Waals surface area (Å²) in [5.74, 6) is 2.60. The van der Waals surface area contributed by atoms with Crippen molar-refractivity contribution in [2.24, 2.45) is 0 Å². The van der Waals surface area contributed by atoms with Gasteiger partial charge < -0.3 is 9.47 Å². The van der Waals surface area contributed by atoms with Crippen LogP contribution in [0, 0.1) is 5.92 Å². The van der Waals surface area contributed by atoms with Crippen LogP contribution in [0.25, 0.3) is 0 Å². The molecule has 0 aliphatic carbocycles. The molecule has 0 heterocycles. The topological polar surface area (TPSA) is 18.5 Å². The second kappa shape index (κ2) is 4.70. The van der Waals surface area contributed by atoms with Crippen molar-refractivity contribution in [2.45, 2.75) is 6.92 Å². The monoisotopic (exact) mass is 191 g/mol. The molecular weight excluding hydrogens is 176 g/mol. The average Bonchev–Trinajstić information content (AvgIpc) is 2.26. The number of allylic oxidation sites excluding steroid dienone is 1. The van der Waals surface area contributed by atoms with Gasteiger partial charge in [0, 0.05) is 5.92 Å². The number of hydrogen-bond donors (Lipinski definition) is 0. The molecule has 0 bridgehead atoms. The molecule has 0 spiro atoms. The molecule has 0 aliphatic rings. The Hall–Kier alpha value is -1.44. The highest BCUT2D eigenvalue weighted by molar-refractivity contribution is 5.48. The van der Waals surface area contributed by atoms with Gasteiger partial charge in [-0.25, -0.2) is 0 Å². The summed E-state index contributed by atoms with van der Waals surface area (Å²) in [7, 11) is 3.26. The lowest BCUT2D eigenvalue weighted by Gasteiger charge is -2.11. The van der Waals surface area contributed by atoms with E-state index in [0.717, 1.165) is 23.0 Å². The summed E-state index contributed by atoms with van der Waals surface area (Å²) < 4.78 is 10.3. The fraction of sp³-hybridized carbons (Fsp3) is 0.250. The van der Waals surface area contributed by atoms with Crippen LogP contribution < -0.4 is 9.47 Å². The van der Waals surface area contributed by atoms with Gasteiger partial charge in [0.15, 0.2) is 11.5 Å². The highest BCUT2D eigenvalue weighted by Crippen LogP contribution is 2.30. The second-order valence-corrected chi connectivity index (χ2v) is 2.96. The van der Waals surface area contributed by atoms with Crippen LogP contribution in [0.4, 0.5) is 0 Å². The first kappa shape index (κ1) is 10.6. The van der Waals surface area contributed by atoms with E-state index in [2.05, 4.69) is 6.58 Å². The Labute approximate surface area is 85.2 Å². The molecule has 0 saturated carbocycles. The molecule has 14 heavy (non-hydrogen) atoms. The summed E-state index contributed by atoms with van der Waals surface area (Å²) in [6.07, 6.45) is 1.82. The minimum Gasteiger partial charge on any atom is -0.493 e. The van der Waals surface area contributed by atoms with Gasteiger partial charge in [0.25, 0.3) is 0 Å². The van der Waals surface area contributed by atoms with Crippen molar-refractivity contribution in [1.82, 2.24) is 0 Å². The van der Waals surface area contributed by atoms with E-state index in [-0.39, 0.29) is 0 Å². The Bertz CT molecular complexity index is 318. The Morgan fingerprint density at radius 3 is 2.36 bits per heavy atom. The van der Waals surface area contributed by atoms with Crippen molar-refractivity contribution < 1.29 is 9.47 Å². The lowest BCUT2D eigenvalue weighted by atomic mass is 10.0. The van der Waals surface area contributed by atoms with E-state index in [1.165, 1.54) is 0 Å². The van der Waals surface area contributed by atoms with E-state index in [9.17, 15) is 0 Å². The lowest BCUT2D eigenvalue weighted by molar-refractivity contribution is 0.354. The Morgan fingerprint density at radius 1 is 1.21 bits per heavy atom. The van der Waals surface area contributed by atoms with E-state index >= 15 is 0 Å². The van der Waals surface area contributed by atoms with Gasteiger partial charge >= 0.3 is 0 Å². The molecule has 0 aliphatic heterocycles. The lowest BCUT2D eigenvalue weighted by Crippen LogP contribution is -1.94. The van der Waals surface area contributed by atoms with Crippen molar-refractivity contribution in [1.29, 1.82) is 0 Å². The minimum atomic E-state index is 0.742. The largest absolute Gasteiger partial charge is 0.493 e. The third-order valence-corrected chi connectivity index (χ3v) is 2.15. The van der Waals surface area contributed by atoms with E-state index in [4.69, 9.17) is 9.47 Å². The van der Waals surface area contributed by atoms with Gasteiger partial charge in [0.1, 0.15) is 0 Å². The zero-order valence-corrected chi connectivity index (χ0v) is 8.83. The summed E-state index contributed by atoms with van der Waals surface area (Å²) in [6.45, 7) is 5.73. The molecule has 75 valence electrons. The molecule has 0 amide bonds. The van der Waals surface area contributed by atoms with Gasteiger partial charge in [-0.2, -0.15) is 0 Å². The maximum Gasteiger partial charge on any atom is 0.161 e. The van der Waals surface area contributed by atoms with Crippen molar-refractivity contribution in [3.8, 4) is 11.5 Å². The van der Waals surface area contributed by atoms with Crippen LogP contribution in [-0.4, -0.2) is 14.2 Å². The van der Waals surface area contributed by atoms with Gasteiger partial charge in [-0.1, -0.05) is 19.1 Å². The highest BCUT2D eigenvalue weighted by Gasteiger charge is 2.07. The van der Waals surface area contributed by atoms with Crippen LogP contribution in [0.1, 0.15) is 12.5 Å². The molecule has 0 atom stereocenters. The highest BCUT2D eigenvalue weighted by atomic mass is 16.5. The van der Waals surface area contributed by atoms with Gasteiger partial charge in [-0.05, 0) is 17.7 Å². The molecule has 2 heteroatoms. The van der Waals surface area contributed by atoms with Gasteiger partial charge in [-0.15, -0.1) is 6.58 Å². The molecule has 0 unspecified atom stereocenters. The van der Waals surface area contributed by atoms with Crippen LogP contribution in [0.2, 0.25) is 0 Å². The fourth-order valence-corrected chi connectivity index (χ4v) is 1.20. The number of ether oxygens (including phenoxy) is 2. The van der Waals surface area contributed by atoms with Crippen molar-refractivity contribution in [2.75, 3.05) is 14.2 Å². The van der Waals surface area contributed by atoms with Crippen molar-refractivity contribution in [3.63, 3.8) is 0 Å². The van der Waals surface area contributed by atoms with E-state index in [1.54, 1.807) is 14.2 Å². The summed E-state index contributed by atoms with van der Waals surface area (Å²) in [5.41, 5.74) is 1.10. The van der Waals surface area contributed by atoms with Gasteiger partial charge in [0.2, 0.25) is 0 Å².